The van der Waals surface area contributed by atoms with E-state index in [2.05, 4.69) is 15.9 Å². The van der Waals surface area contributed by atoms with E-state index in [1.54, 1.807) is 7.11 Å². The van der Waals surface area contributed by atoms with Crippen LogP contribution in [0.5, 0.6) is 5.75 Å². The minimum absolute atomic E-state index is 0.00777. The summed E-state index contributed by atoms with van der Waals surface area (Å²) in [7, 11) is 1.67. The Morgan fingerprint density at radius 1 is 1.24 bits per heavy atom. The fraction of sp³-hybridized carbons (Fsp3) is 0.538. The molecule has 0 amide bonds. The number of methoxy groups -OCH3 is 1. The molecule has 4 heteroatoms. The van der Waals surface area contributed by atoms with Crippen molar-refractivity contribution < 1.29 is 14.2 Å². The predicted molar refractivity (Wildman–Crippen MR) is 72.0 cm³/mol. The number of rotatable bonds is 8. The lowest BCUT2D eigenvalue weighted by molar-refractivity contribution is 0.0163. The smallest absolute Gasteiger partial charge is 0.124 e. The van der Waals surface area contributed by atoms with Gasteiger partial charge in [-0.3, -0.25) is 0 Å². The lowest BCUT2D eigenvalue weighted by atomic mass is 10.1. The lowest BCUT2D eigenvalue weighted by Crippen LogP contribution is -2.12. The molecule has 3 nitrogen and oxygen atoms in total. The van der Waals surface area contributed by atoms with Gasteiger partial charge in [0.05, 0.1) is 26.4 Å². The molecule has 0 spiro atoms. The van der Waals surface area contributed by atoms with Gasteiger partial charge in [0.2, 0.25) is 0 Å². The summed E-state index contributed by atoms with van der Waals surface area (Å²) < 4.78 is 16.3. The summed E-state index contributed by atoms with van der Waals surface area (Å²) in [4.78, 5) is 0. The summed E-state index contributed by atoms with van der Waals surface area (Å²) >= 11 is 3.46. The third-order valence-electron chi connectivity index (χ3n) is 2.38. The average molecular weight is 303 g/mol. The molecule has 0 saturated heterocycles. The normalized spacial score (nSPS) is 12.4. The second kappa shape index (κ2) is 8.50. The molecule has 0 saturated carbocycles. The first-order valence-corrected chi connectivity index (χ1v) is 6.83. The van der Waals surface area contributed by atoms with Crippen LogP contribution in [-0.2, 0) is 9.47 Å². The quantitative estimate of drug-likeness (QED) is 0.545. The molecule has 0 radical (unpaired) electrons. The van der Waals surface area contributed by atoms with Crippen molar-refractivity contribution in [3.05, 3.63) is 29.8 Å². The van der Waals surface area contributed by atoms with Gasteiger partial charge in [-0.25, -0.2) is 0 Å². The van der Waals surface area contributed by atoms with E-state index in [9.17, 15) is 0 Å². The van der Waals surface area contributed by atoms with Crippen molar-refractivity contribution >= 4 is 15.9 Å². The van der Waals surface area contributed by atoms with Crippen molar-refractivity contribution in [2.24, 2.45) is 0 Å². The lowest BCUT2D eigenvalue weighted by Gasteiger charge is -2.18. The van der Waals surface area contributed by atoms with E-state index in [-0.39, 0.29) is 6.10 Å². The molecule has 0 fully saturated rings. The maximum Gasteiger partial charge on any atom is 0.124 e. The third kappa shape index (κ3) is 4.66. The average Bonchev–Trinajstić information content (AvgIpc) is 2.39. The second-order valence-corrected chi connectivity index (χ2v) is 4.10. The number of alkyl halides is 1. The van der Waals surface area contributed by atoms with Gasteiger partial charge in [-0.05, 0) is 13.0 Å². The molecule has 1 unspecified atom stereocenters. The van der Waals surface area contributed by atoms with Crippen molar-refractivity contribution in [1.29, 1.82) is 0 Å². The zero-order chi connectivity index (χ0) is 12.5. The molecule has 96 valence electrons. The SMILES string of the molecule is CCOCCOC(CBr)c1ccccc1OC. The largest absolute Gasteiger partial charge is 0.496 e. The number of benzene rings is 1. The van der Waals surface area contributed by atoms with E-state index in [0.29, 0.717) is 13.2 Å². The van der Waals surface area contributed by atoms with Crippen LogP contribution in [-0.4, -0.2) is 32.3 Å². The Balaban J connectivity index is 2.59. The van der Waals surface area contributed by atoms with Gasteiger partial charge in [0, 0.05) is 17.5 Å². The van der Waals surface area contributed by atoms with Crippen LogP contribution in [0.4, 0.5) is 0 Å². The highest BCUT2D eigenvalue weighted by molar-refractivity contribution is 9.09. The molecule has 1 rings (SSSR count). The van der Waals surface area contributed by atoms with Crippen molar-refractivity contribution in [1.82, 2.24) is 0 Å². The van der Waals surface area contributed by atoms with Gasteiger partial charge in [0.1, 0.15) is 5.75 Å². The molecule has 17 heavy (non-hydrogen) atoms. The minimum Gasteiger partial charge on any atom is -0.496 e. The van der Waals surface area contributed by atoms with Gasteiger partial charge in [-0.15, -0.1) is 0 Å². The van der Waals surface area contributed by atoms with Crippen molar-refractivity contribution in [3.8, 4) is 5.75 Å². The van der Waals surface area contributed by atoms with Crippen LogP contribution in [0.25, 0.3) is 0 Å². The van der Waals surface area contributed by atoms with E-state index >= 15 is 0 Å². The molecular weight excluding hydrogens is 284 g/mol. The summed E-state index contributed by atoms with van der Waals surface area (Å²) in [5.41, 5.74) is 1.06. The first-order chi connectivity index (χ1) is 8.33. The highest BCUT2D eigenvalue weighted by Gasteiger charge is 2.14. The summed E-state index contributed by atoms with van der Waals surface area (Å²) in [5.74, 6) is 0.855. The topological polar surface area (TPSA) is 27.7 Å². The van der Waals surface area contributed by atoms with E-state index in [4.69, 9.17) is 14.2 Å². The number of halogens is 1. The van der Waals surface area contributed by atoms with Crippen molar-refractivity contribution in [2.45, 2.75) is 13.0 Å². The van der Waals surface area contributed by atoms with Gasteiger partial charge < -0.3 is 14.2 Å². The van der Waals surface area contributed by atoms with Gasteiger partial charge in [0.25, 0.3) is 0 Å². The highest BCUT2D eigenvalue weighted by atomic mass is 79.9. The van der Waals surface area contributed by atoms with E-state index in [1.165, 1.54) is 0 Å². The number of para-hydroxylation sites is 1. The molecule has 1 aromatic rings. The molecule has 0 bridgehead atoms. The van der Waals surface area contributed by atoms with Gasteiger partial charge in [-0.1, -0.05) is 34.1 Å². The van der Waals surface area contributed by atoms with Gasteiger partial charge in [-0.2, -0.15) is 0 Å². The molecule has 0 aliphatic carbocycles. The van der Waals surface area contributed by atoms with Crippen LogP contribution in [0.2, 0.25) is 0 Å². The van der Waals surface area contributed by atoms with Crippen LogP contribution in [0.1, 0.15) is 18.6 Å². The van der Waals surface area contributed by atoms with E-state index in [0.717, 1.165) is 23.2 Å². The Kier molecular flexibility index (Phi) is 7.24. The van der Waals surface area contributed by atoms with Crippen molar-refractivity contribution in [3.63, 3.8) is 0 Å². The van der Waals surface area contributed by atoms with E-state index < -0.39 is 0 Å². The van der Waals surface area contributed by atoms with Crippen molar-refractivity contribution in [2.75, 3.05) is 32.3 Å². The maximum absolute atomic E-state index is 5.77. The number of ether oxygens (including phenoxy) is 3. The molecule has 0 aliphatic heterocycles. The van der Waals surface area contributed by atoms with Crippen LogP contribution < -0.4 is 4.74 Å². The first-order valence-electron chi connectivity index (χ1n) is 5.71. The molecule has 1 atom stereocenters. The zero-order valence-electron chi connectivity index (χ0n) is 10.3. The van der Waals surface area contributed by atoms with E-state index in [1.807, 2.05) is 31.2 Å². The van der Waals surface area contributed by atoms with Crippen LogP contribution in [0.3, 0.4) is 0 Å². The van der Waals surface area contributed by atoms with Crippen LogP contribution in [0.15, 0.2) is 24.3 Å². The highest BCUT2D eigenvalue weighted by Crippen LogP contribution is 2.28. The summed E-state index contributed by atoms with van der Waals surface area (Å²) in [6, 6.07) is 7.90. The standard InChI is InChI=1S/C13H19BrO3/c1-3-16-8-9-17-13(10-14)11-6-4-5-7-12(11)15-2/h4-7,13H,3,8-10H2,1-2H3. The molecular formula is C13H19BrO3. The monoisotopic (exact) mass is 302 g/mol. The Labute approximate surface area is 111 Å². The molecule has 1 aromatic carbocycles. The molecule has 0 aromatic heterocycles. The molecule has 0 aliphatic rings. The summed E-state index contributed by atoms with van der Waals surface area (Å²) in [6.07, 6.45) is -0.00777. The zero-order valence-corrected chi connectivity index (χ0v) is 11.9. The Morgan fingerprint density at radius 3 is 2.65 bits per heavy atom. The van der Waals surface area contributed by atoms with Gasteiger partial charge in [0.15, 0.2) is 0 Å². The fourth-order valence-corrected chi connectivity index (χ4v) is 2.08. The minimum atomic E-state index is -0.00777. The maximum atomic E-state index is 5.77. The first kappa shape index (κ1) is 14.5. The fourth-order valence-electron chi connectivity index (χ4n) is 1.54. The second-order valence-electron chi connectivity index (χ2n) is 3.45. The van der Waals surface area contributed by atoms with Gasteiger partial charge >= 0.3 is 0 Å². The summed E-state index contributed by atoms with van der Waals surface area (Å²) in [6.45, 7) is 3.90. The Hall–Kier alpha value is -0.580. The predicted octanol–water partition coefficient (Wildman–Crippen LogP) is 3.18. The molecule has 0 N–H and O–H groups in total. The molecule has 0 heterocycles. The Bertz CT molecular complexity index is 317. The number of hydrogen-bond donors (Lipinski definition) is 0. The van der Waals surface area contributed by atoms with Crippen LogP contribution >= 0.6 is 15.9 Å². The third-order valence-corrected chi connectivity index (χ3v) is 2.96. The van der Waals surface area contributed by atoms with Crippen LogP contribution in [0, 0.1) is 0 Å². The number of hydrogen-bond acceptors (Lipinski definition) is 3. The summed E-state index contributed by atoms with van der Waals surface area (Å²) in [5, 5.41) is 0.736. The Morgan fingerprint density at radius 2 is 2.00 bits per heavy atom.